The number of aromatic hydroxyl groups is 2. The molecule has 0 aliphatic carbocycles. The highest BCUT2D eigenvalue weighted by molar-refractivity contribution is 8.27. The van der Waals surface area contributed by atoms with Crippen molar-refractivity contribution in [2.75, 3.05) is 12.0 Å². The molecule has 2 aromatic rings. The molecule has 1 fully saturated rings. The lowest BCUT2D eigenvalue weighted by Crippen LogP contribution is -2.27. The molecule has 122 valence electrons. The number of carbonyl (C=O) groups is 1. The number of carbonyl (C=O) groups excluding carboxylic acids is 1. The van der Waals surface area contributed by atoms with Crippen LogP contribution in [0.2, 0.25) is 0 Å². The molecule has 1 aliphatic rings. The number of amides is 1. The number of thioether (sulfide) groups is 1. The van der Waals surface area contributed by atoms with Crippen LogP contribution in [-0.2, 0) is 4.79 Å². The SMILES string of the molecule is COc1cccc(N2C(=O)/C(=C/c3ccc(O)c(O)c3)SC2=S)c1. The predicted molar refractivity (Wildman–Crippen MR) is 98.4 cm³/mol. The molecule has 1 heterocycles. The average molecular weight is 359 g/mol. The molecule has 0 spiro atoms. The van der Waals surface area contributed by atoms with E-state index in [-0.39, 0.29) is 17.4 Å². The Kier molecular flexibility index (Phi) is 4.46. The van der Waals surface area contributed by atoms with E-state index in [1.165, 1.54) is 28.8 Å². The summed E-state index contributed by atoms with van der Waals surface area (Å²) in [6.07, 6.45) is 1.62. The minimum atomic E-state index is -0.245. The molecule has 3 rings (SSSR count). The normalized spacial score (nSPS) is 16.0. The smallest absolute Gasteiger partial charge is 0.270 e. The van der Waals surface area contributed by atoms with Gasteiger partial charge >= 0.3 is 0 Å². The first-order chi connectivity index (χ1) is 11.5. The van der Waals surface area contributed by atoms with Crippen LogP contribution in [0.15, 0.2) is 47.4 Å². The number of ether oxygens (including phenoxy) is 1. The number of anilines is 1. The zero-order valence-electron chi connectivity index (χ0n) is 12.6. The lowest BCUT2D eigenvalue weighted by Gasteiger charge is -2.15. The summed E-state index contributed by atoms with van der Waals surface area (Å²) in [6.45, 7) is 0. The van der Waals surface area contributed by atoms with E-state index in [9.17, 15) is 15.0 Å². The van der Waals surface area contributed by atoms with E-state index in [2.05, 4.69) is 0 Å². The third kappa shape index (κ3) is 3.08. The van der Waals surface area contributed by atoms with E-state index in [1.54, 1.807) is 43.5 Å². The van der Waals surface area contributed by atoms with Gasteiger partial charge in [-0.1, -0.05) is 36.1 Å². The summed E-state index contributed by atoms with van der Waals surface area (Å²) >= 11 is 6.49. The van der Waals surface area contributed by atoms with Gasteiger partial charge in [-0.05, 0) is 35.9 Å². The van der Waals surface area contributed by atoms with E-state index >= 15 is 0 Å². The number of methoxy groups -OCH3 is 1. The summed E-state index contributed by atoms with van der Waals surface area (Å²) in [5, 5.41) is 18.9. The molecule has 1 amide bonds. The van der Waals surface area contributed by atoms with Gasteiger partial charge in [-0.3, -0.25) is 9.69 Å². The van der Waals surface area contributed by atoms with E-state index in [0.29, 0.717) is 26.2 Å². The number of phenols is 2. The Morgan fingerprint density at radius 3 is 2.67 bits per heavy atom. The molecule has 24 heavy (non-hydrogen) atoms. The molecule has 1 aliphatic heterocycles. The van der Waals surface area contributed by atoms with E-state index in [4.69, 9.17) is 17.0 Å². The quantitative estimate of drug-likeness (QED) is 0.496. The van der Waals surface area contributed by atoms with Gasteiger partial charge < -0.3 is 14.9 Å². The zero-order chi connectivity index (χ0) is 17.3. The second-order valence-electron chi connectivity index (χ2n) is 4.97. The molecule has 5 nitrogen and oxygen atoms in total. The summed E-state index contributed by atoms with van der Waals surface area (Å²) in [5.41, 5.74) is 1.23. The Balaban J connectivity index is 1.93. The second kappa shape index (κ2) is 6.54. The van der Waals surface area contributed by atoms with Gasteiger partial charge in [0.1, 0.15) is 5.75 Å². The summed E-state index contributed by atoms with van der Waals surface area (Å²) < 4.78 is 5.60. The summed E-state index contributed by atoms with van der Waals surface area (Å²) in [7, 11) is 1.56. The highest BCUT2D eigenvalue weighted by Crippen LogP contribution is 2.37. The predicted octanol–water partition coefficient (Wildman–Crippen LogP) is 3.51. The monoisotopic (exact) mass is 359 g/mol. The molecule has 2 N–H and O–H groups in total. The summed E-state index contributed by atoms with van der Waals surface area (Å²) in [6, 6.07) is 11.4. The molecule has 0 radical (unpaired) electrons. The van der Waals surface area contributed by atoms with Crippen LogP contribution in [0.25, 0.3) is 6.08 Å². The Morgan fingerprint density at radius 1 is 1.17 bits per heavy atom. The van der Waals surface area contributed by atoms with Crippen LogP contribution in [0.5, 0.6) is 17.2 Å². The molecule has 1 saturated heterocycles. The lowest BCUT2D eigenvalue weighted by molar-refractivity contribution is -0.113. The molecular formula is C17H13NO4S2. The van der Waals surface area contributed by atoms with Gasteiger partial charge in [-0.15, -0.1) is 0 Å². The Hall–Kier alpha value is -2.51. The number of nitrogens with zero attached hydrogens (tertiary/aromatic N) is 1. The van der Waals surface area contributed by atoms with Crippen LogP contribution in [0.3, 0.4) is 0 Å². The lowest BCUT2D eigenvalue weighted by atomic mass is 10.2. The van der Waals surface area contributed by atoms with Crippen LogP contribution in [0, 0.1) is 0 Å². The van der Waals surface area contributed by atoms with Crippen molar-refractivity contribution in [1.82, 2.24) is 0 Å². The molecule has 0 aromatic heterocycles. The Bertz CT molecular complexity index is 863. The van der Waals surface area contributed by atoms with Gasteiger partial charge in [0.05, 0.1) is 17.7 Å². The largest absolute Gasteiger partial charge is 0.504 e. The number of hydrogen-bond acceptors (Lipinski definition) is 6. The van der Waals surface area contributed by atoms with Gasteiger partial charge in [-0.2, -0.15) is 0 Å². The van der Waals surface area contributed by atoms with Crippen molar-refractivity contribution in [2.45, 2.75) is 0 Å². The molecule has 0 atom stereocenters. The first-order valence-electron chi connectivity index (χ1n) is 6.93. The van der Waals surface area contributed by atoms with Crippen LogP contribution < -0.4 is 9.64 Å². The van der Waals surface area contributed by atoms with E-state index in [1.807, 2.05) is 0 Å². The molecule has 0 saturated carbocycles. The number of phenolic OH excluding ortho intramolecular Hbond substituents is 2. The number of rotatable bonds is 3. The van der Waals surface area contributed by atoms with E-state index < -0.39 is 0 Å². The van der Waals surface area contributed by atoms with Crippen molar-refractivity contribution in [3.05, 3.63) is 52.9 Å². The second-order valence-corrected chi connectivity index (χ2v) is 6.64. The van der Waals surface area contributed by atoms with Crippen LogP contribution in [0.4, 0.5) is 5.69 Å². The van der Waals surface area contributed by atoms with Crippen molar-refractivity contribution in [2.24, 2.45) is 0 Å². The van der Waals surface area contributed by atoms with Crippen LogP contribution in [-0.4, -0.2) is 27.6 Å². The number of benzene rings is 2. The van der Waals surface area contributed by atoms with Crippen LogP contribution >= 0.6 is 24.0 Å². The topological polar surface area (TPSA) is 70.0 Å². The maximum absolute atomic E-state index is 12.7. The summed E-state index contributed by atoms with van der Waals surface area (Å²) in [5.74, 6) is -0.0668. The minimum absolute atomic E-state index is 0.212. The minimum Gasteiger partial charge on any atom is -0.504 e. The fraction of sp³-hybridized carbons (Fsp3) is 0.0588. The van der Waals surface area contributed by atoms with Crippen molar-refractivity contribution < 1.29 is 19.7 Å². The highest BCUT2D eigenvalue weighted by Gasteiger charge is 2.33. The number of hydrogen-bond donors (Lipinski definition) is 2. The van der Waals surface area contributed by atoms with Gasteiger partial charge in [0.25, 0.3) is 5.91 Å². The van der Waals surface area contributed by atoms with Crippen molar-refractivity contribution in [3.63, 3.8) is 0 Å². The van der Waals surface area contributed by atoms with Gasteiger partial charge in [-0.25, -0.2) is 0 Å². The molecule has 7 heteroatoms. The van der Waals surface area contributed by atoms with Crippen molar-refractivity contribution in [1.29, 1.82) is 0 Å². The van der Waals surface area contributed by atoms with Gasteiger partial charge in [0, 0.05) is 6.07 Å². The standard InChI is InChI=1S/C17H13NO4S2/c1-22-12-4-2-3-11(9-12)18-16(21)15(24-17(18)23)8-10-5-6-13(19)14(20)7-10/h2-9,19-20H,1H3/b15-8-. The van der Waals surface area contributed by atoms with Crippen LogP contribution in [0.1, 0.15) is 5.56 Å². The molecule has 0 unspecified atom stereocenters. The van der Waals surface area contributed by atoms with Crippen molar-refractivity contribution in [3.8, 4) is 17.2 Å². The zero-order valence-corrected chi connectivity index (χ0v) is 14.2. The third-order valence-corrected chi connectivity index (χ3v) is 4.70. The van der Waals surface area contributed by atoms with Gasteiger partial charge in [0.2, 0.25) is 0 Å². The fourth-order valence-corrected chi connectivity index (χ4v) is 3.52. The van der Waals surface area contributed by atoms with Gasteiger partial charge in [0.15, 0.2) is 15.8 Å². The maximum atomic E-state index is 12.7. The first kappa shape index (κ1) is 16.4. The Labute approximate surface area is 148 Å². The maximum Gasteiger partial charge on any atom is 0.270 e. The Morgan fingerprint density at radius 2 is 1.96 bits per heavy atom. The molecule has 2 aromatic carbocycles. The van der Waals surface area contributed by atoms with Crippen molar-refractivity contribution >= 4 is 46.0 Å². The number of thiocarbonyl (C=S) groups is 1. The highest BCUT2D eigenvalue weighted by atomic mass is 32.2. The third-order valence-electron chi connectivity index (χ3n) is 3.40. The summed E-state index contributed by atoms with van der Waals surface area (Å²) in [4.78, 5) is 14.5. The average Bonchev–Trinajstić information content (AvgIpc) is 2.85. The fourth-order valence-electron chi connectivity index (χ4n) is 2.22. The molecular weight excluding hydrogens is 346 g/mol. The first-order valence-corrected chi connectivity index (χ1v) is 8.16. The molecule has 0 bridgehead atoms. The van der Waals surface area contributed by atoms with E-state index in [0.717, 1.165) is 0 Å².